The predicted molar refractivity (Wildman–Crippen MR) is 241 cm³/mol. The van der Waals surface area contributed by atoms with Crippen LogP contribution in [0.2, 0.25) is 19.6 Å². The molecule has 9 aromatic rings. The Balaban J connectivity index is 1.21. The van der Waals surface area contributed by atoms with E-state index in [0.717, 1.165) is 80.6 Å². The van der Waals surface area contributed by atoms with Crippen molar-refractivity contribution in [3.05, 3.63) is 175 Å². The van der Waals surface area contributed by atoms with E-state index < -0.39 is 8.07 Å². The summed E-state index contributed by atoms with van der Waals surface area (Å²) in [6, 6.07) is 54.6. The van der Waals surface area contributed by atoms with Crippen molar-refractivity contribution >= 4 is 51.9 Å². The zero-order valence-corrected chi connectivity index (χ0v) is 34.6. The van der Waals surface area contributed by atoms with Crippen molar-refractivity contribution in [1.82, 2.24) is 4.57 Å². The highest BCUT2D eigenvalue weighted by molar-refractivity contribution is 6.89. The topological polar surface area (TPSA) is 49.6 Å². The summed E-state index contributed by atoms with van der Waals surface area (Å²) in [6.45, 7) is 12.3. The number of allylic oxidation sites excluding steroid dienone is 1. The maximum absolute atomic E-state index is 10.3. The van der Waals surface area contributed by atoms with Gasteiger partial charge in [0.1, 0.15) is 22.5 Å². The molecule has 2 aliphatic rings. The van der Waals surface area contributed by atoms with E-state index in [1.807, 2.05) is 12.1 Å². The first-order chi connectivity index (χ1) is 28.8. The molecule has 11 rings (SSSR count). The lowest BCUT2D eigenvalue weighted by Gasteiger charge is -2.33. The monoisotopic (exact) mass is 780 g/mol. The fourth-order valence-electron chi connectivity index (χ4n) is 10.2. The van der Waals surface area contributed by atoms with Crippen molar-refractivity contribution in [2.45, 2.75) is 50.9 Å². The van der Waals surface area contributed by atoms with E-state index in [-0.39, 0.29) is 12.0 Å². The normalized spacial score (nSPS) is 16.2. The summed E-state index contributed by atoms with van der Waals surface area (Å²) in [6.07, 6.45) is 5.03. The van der Waals surface area contributed by atoms with E-state index in [4.69, 9.17) is 11.0 Å². The van der Waals surface area contributed by atoms with Crippen LogP contribution in [0.3, 0.4) is 0 Å². The molecule has 0 fully saturated rings. The number of nitrogens with zero attached hydrogens (tertiary/aromatic N) is 4. The fraction of sp³-hybridized carbons (Fsp3) is 0.151. The number of hydrogen-bond acceptors (Lipinski definition) is 2. The molecule has 2 unspecified atom stereocenters. The highest BCUT2D eigenvalue weighted by Gasteiger charge is 2.45. The summed E-state index contributed by atoms with van der Waals surface area (Å²) in [5, 5.41) is 13.9. The molecular formula is C53H44N4OSi+2. The number of rotatable bonds is 3. The Morgan fingerprint density at radius 2 is 1.49 bits per heavy atom. The number of pyridine rings is 1. The lowest BCUT2D eigenvalue weighted by Crippen LogP contribution is -2.53. The first-order valence-electron chi connectivity index (χ1n) is 20.7. The second kappa shape index (κ2) is 13.4. The fourth-order valence-corrected chi connectivity index (χ4v) is 11.8. The van der Waals surface area contributed by atoms with E-state index in [1.54, 1.807) is 0 Å². The molecule has 5 nitrogen and oxygen atoms in total. The van der Waals surface area contributed by atoms with Crippen LogP contribution in [0, 0.1) is 11.3 Å². The van der Waals surface area contributed by atoms with Crippen LogP contribution in [0.25, 0.3) is 78.1 Å². The van der Waals surface area contributed by atoms with Crippen LogP contribution in [-0.4, -0.2) is 12.6 Å². The van der Waals surface area contributed by atoms with Crippen LogP contribution in [0.1, 0.15) is 41.5 Å². The minimum absolute atomic E-state index is 0.0958. The zero-order valence-electron chi connectivity index (χ0n) is 33.6. The molecule has 59 heavy (non-hydrogen) atoms. The van der Waals surface area contributed by atoms with Crippen LogP contribution in [-0.2, 0) is 6.42 Å². The first-order valence-corrected chi connectivity index (χ1v) is 24.2. The van der Waals surface area contributed by atoms with Gasteiger partial charge in [-0.2, -0.15) is 19.0 Å². The SMILES string of the molecule is C=C1CC2C(CCc3ccc4c(oc5ccccc54)c3-c3n1c1ccccc1[n+]3-c1ccccc1)c1ccccc1-c1cc(-c3ccccc3C#N)c([Si](C)(C)C)c[n+]12. The molecule has 0 radical (unpaired) electrons. The van der Waals surface area contributed by atoms with Crippen LogP contribution in [0.15, 0.2) is 163 Å². The lowest BCUT2D eigenvalue weighted by atomic mass is 9.77. The summed E-state index contributed by atoms with van der Waals surface area (Å²) in [4.78, 5) is 0. The molecule has 6 aromatic carbocycles. The third kappa shape index (κ3) is 5.42. The van der Waals surface area contributed by atoms with E-state index >= 15 is 0 Å². The lowest BCUT2D eigenvalue weighted by molar-refractivity contribution is -0.716. The molecule has 2 aliphatic heterocycles. The molecule has 0 saturated heterocycles. The van der Waals surface area contributed by atoms with E-state index in [9.17, 15) is 5.26 Å². The molecular weight excluding hydrogens is 737 g/mol. The van der Waals surface area contributed by atoms with E-state index in [0.29, 0.717) is 5.56 Å². The molecule has 0 N–H and O–H groups in total. The van der Waals surface area contributed by atoms with E-state index in [1.165, 1.54) is 33.1 Å². The molecule has 0 bridgehead atoms. The van der Waals surface area contributed by atoms with Crippen molar-refractivity contribution in [3.8, 4) is 45.5 Å². The summed E-state index contributed by atoms with van der Waals surface area (Å²) in [7, 11) is -1.95. The number of fused-ring (bicyclic) bond motifs is 15. The Bertz CT molecular complexity index is 3230. The Hall–Kier alpha value is -6.81. The maximum atomic E-state index is 10.3. The molecule has 284 valence electrons. The number of benzene rings is 6. The largest absolute Gasteiger partial charge is 0.455 e. The Morgan fingerprint density at radius 1 is 0.763 bits per heavy atom. The number of furan rings is 1. The third-order valence-electron chi connectivity index (χ3n) is 12.9. The Kier molecular flexibility index (Phi) is 8.01. The van der Waals surface area contributed by atoms with Crippen molar-refractivity contribution in [2.75, 3.05) is 0 Å². The summed E-state index contributed by atoms with van der Waals surface area (Å²) < 4.78 is 14.4. The quantitative estimate of drug-likeness (QED) is 0.132. The van der Waals surface area contributed by atoms with Gasteiger partial charge in [-0.3, -0.25) is 0 Å². The molecule has 5 heterocycles. The highest BCUT2D eigenvalue weighted by atomic mass is 28.3. The van der Waals surface area contributed by atoms with Gasteiger partial charge in [-0.15, -0.1) is 0 Å². The molecule has 0 aliphatic carbocycles. The average Bonchev–Trinajstić information content (AvgIpc) is 3.81. The second-order valence-corrected chi connectivity index (χ2v) is 22.3. The minimum atomic E-state index is -1.95. The summed E-state index contributed by atoms with van der Waals surface area (Å²) in [5.41, 5.74) is 15.3. The first kappa shape index (κ1) is 35.4. The third-order valence-corrected chi connectivity index (χ3v) is 14.9. The number of nitriles is 1. The van der Waals surface area contributed by atoms with Gasteiger partial charge in [0.25, 0.3) is 0 Å². The van der Waals surface area contributed by atoms with Crippen molar-refractivity contribution < 1.29 is 13.6 Å². The van der Waals surface area contributed by atoms with Crippen LogP contribution >= 0.6 is 0 Å². The number of imidazole rings is 1. The van der Waals surface area contributed by atoms with E-state index in [2.05, 4.69) is 179 Å². The van der Waals surface area contributed by atoms with Gasteiger partial charge < -0.3 is 4.42 Å². The predicted octanol–water partition coefficient (Wildman–Crippen LogP) is 11.7. The van der Waals surface area contributed by atoms with Gasteiger partial charge in [0, 0.05) is 33.5 Å². The smallest absolute Gasteiger partial charge is 0.304 e. The van der Waals surface area contributed by atoms with Gasteiger partial charge in [0.2, 0.25) is 5.69 Å². The minimum Gasteiger partial charge on any atom is -0.455 e. The Morgan fingerprint density at radius 3 is 2.32 bits per heavy atom. The second-order valence-electron chi connectivity index (χ2n) is 17.3. The zero-order chi connectivity index (χ0) is 40.0. The van der Waals surface area contributed by atoms with Gasteiger partial charge in [0.05, 0.1) is 26.1 Å². The standard InChI is InChI=1S/C53H44N4OSi/c1-34-30-47-41(39-20-10-11-21-40(39)48-31-44(38-19-9-8-16-36(38)32-54)50(33-55(47)48)59(2,3)4)28-26-35-27-29-43-42-22-12-15-25-49(42)58-52(43)51(35)53-56(34)45-23-13-14-24-46(45)57(53)37-17-6-5-7-18-37/h5-25,27,29,31,33,41,47H,1,26,28,30H2,2-4H3/q+2. The van der Waals surface area contributed by atoms with Crippen LogP contribution < -0.4 is 14.3 Å². The Labute approximate surface area is 345 Å². The average molecular weight is 781 g/mol. The maximum Gasteiger partial charge on any atom is 0.304 e. The number of aromatic nitrogens is 3. The van der Waals surface area contributed by atoms with Gasteiger partial charge in [-0.25, -0.2) is 0 Å². The van der Waals surface area contributed by atoms with Crippen molar-refractivity contribution in [1.29, 1.82) is 5.26 Å². The van der Waals surface area contributed by atoms with Crippen molar-refractivity contribution in [2.24, 2.45) is 0 Å². The van der Waals surface area contributed by atoms with Crippen LogP contribution in [0.5, 0.6) is 0 Å². The van der Waals surface area contributed by atoms with Crippen molar-refractivity contribution in [3.63, 3.8) is 0 Å². The number of para-hydroxylation sites is 4. The van der Waals surface area contributed by atoms with Gasteiger partial charge >= 0.3 is 5.82 Å². The molecule has 3 aromatic heterocycles. The highest BCUT2D eigenvalue weighted by Crippen LogP contribution is 2.48. The number of aryl methyl sites for hydroxylation is 1. The molecule has 0 spiro atoms. The van der Waals surface area contributed by atoms with Crippen LogP contribution in [0.4, 0.5) is 0 Å². The van der Waals surface area contributed by atoms with Gasteiger partial charge in [0.15, 0.2) is 28.9 Å². The number of hydrogen-bond donors (Lipinski definition) is 0. The molecule has 0 amide bonds. The molecule has 0 saturated carbocycles. The van der Waals surface area contributed by atoms with Gasteiger partial charge in [-0.05, 0) is 77.6 Å². The summed E-state index contributed by atoms with van der Waals surface area (Å²) >= 11 is 0. The summed E-state index contributed by atoms with van der Waals surface area (Å²) in [5.74, 6) is 1.28. The van der Waals surface area contributed by atoms with Gasteiger partial charge in [-0.1, -0.05) is 123 Å². The molecule has 6 heteroatoms. The molecule has 2 atom stereocenters.